The summed E-state index contributed by atoms with van der Waals surface area (Å²) in [5.41, 5.74) is -1.44. The number of hydrogen-bond acceptors (Lipinski definition) is 4. The van der Waals surface area contributed by atoms with Crippen molar-refractivity contribution in [3.63, 3.8) is 0 Å². The van der Waals surface area contributed by atoms with Gasteiger partial charge in [-0.3, -0.25) is 4.79 Å². The average molecular weight is 275 g/mol. The molecule has 0 unspecified atom stereocenters. The number of amides is 1. The largest absolute Gasteiger partial charge is 1.00 e. The summed E-state index contributed by atoms with van der Waals surface area (Å²) in [7, 11) is -3.84. The monoisotopic (exact) mass is 275 g/mol. The first-order valence-electron chi connectivity index (χ1n) is 5.19. The van der Waals surface area contributed by atoms with Crippen molar-refractivity contribution in [1.29, 1.82) is 0 Å². The standard InChI is InChI=1S/C10H23NO4S.Na/c1-6-9(2,3)8(12)11-10(4,5)7-16(13,14)15;/h13-15H,6-7H2,1-5H3,(H,11,12);/q;+1/p-1. The van der Waals surface area contributed by atoms with E-state index in [4.69, 9.17) is 9.11 Å². The van der Waals surface area contributed by atoms with Gasteiger partial charge in [-0.25, -0.2) is 0 Å². The van der Waals surface area contributed by atoms with Crippen LogP contribution in [0.1, 0.15) is 41.0 Å². The van der Waals surface area contributed by atoms with Gasteiger partial charge in [-0.15, -0.1) is 10.9 Å². The van der Waals surface area contributed by atoms with Gasteiger partial charge in [0.1, 0.15) is 0 Å². The van der Waals surface area contributed by atoms with Gasteiger partial charge in [-0.1, -0.05) is 20.8 Å². The van der Waals surface area contributed by atoms with Crippen molar-refractivity contribution in [1.82, 2.24) is 5.32 Å². The molecule has 0 aliphatic carbocycles. The maximum absolute atomic E-state index is 11.8. The first kappa shape index (κ1) is 20.0. The zero-order valence-electron chi connectivity index (χ0n) is 11.5. The van der Waals surface area contributed by atoms with E-state index in [1.165, 1.54) is 0 Å². The molecule has 17 heavy (non-hydrogen) atoms. The second-order valence-electron chi connectivity index (χ2n) is 5.33. The minimum absolute atomic E-state index is 0. The van der Waals surface area contributed by atoms with Crippen LogP contribution >= 0.6 is 10.9 Å². The van der Waals surface area contributed by atoms with Gasteiger partial charge in [-0.2, -0.15) is 0 Å². The molecule has 1 amide bonds. The molecule has 0 aliphatic heterocycles. The van der Waals surface area contributed by atoms with Gasteiger partial charge in [0.15, 0.2) is 0 Å². The van der Waals surface area contributed by atoms with E-state index in [0.29, 0.717) is 6.42 Å². The van der Waals surface area contributed by atoms with E-state index in [0.717, 1.165) is 0 Å². The van der Waals surface area contributed by atoms with E-state index in [-0.39, 0.29) is 41.2 Å². The summed E-state index contributed by atoms with van der Waals surface area (Å²) in [6.07, 6.45) is 0.669. The molecule has 7 heteroatoms. The Morgan fingerprint density at radius 1 is 1.29 bits per heavy atom. The molecule has 0 aromatic heterocycles. The number of carbonyl (C=O) groups is 1. The topological polar surface area (TPSA) is 92.6 Å². The van der Waals surface area contributed by atoms with Crippen LogP contribution in [0.2, 0.25) is 0 Å². The third-order valence-corrected chi connectivity index (χ3v) is 3.60. The molecule has 0 fully saturated rings. The molecule has 0 aromatic rings. The van der Waals surface area contributed by atoms with Crippen LogP contribution in [0, 0.1) is 5.41 Å². The Bertz CT molecular complexity index is 264. The average Bonchev–Trinajstić information content (AvgIpc) is 1.98. The molecule has 0 atom stereocenters. The smallest absolute Gasteiger partial charge is 0.773 e. The first-order chi connectivity index (χ1) is 6.90. The summed E-state index contributed by atoms with van der Waals surface area (Å²) in [4.78, 5) is 11.8. The Balaban J connectivity index is 0. The van der Waals surface area contributed by atoms with Gasteiger partial charge in [0, 0.05) is 16.7 Å². The van der Waals surface area contributed by atoms with E-state index in [2.05, 4.69) is 5.32 Å². The molecule has 98 valence electrons. The van der Waals surface area contributed by atoms with Crippen LogP contribution in [0.3, 0.4) is 0 Å². The predicted octanol–water partition coefficient (Wildman–Crippen LogP) is -0.798. The van der Waals surface area contributed by atoms with Gasteiger partial charge >= 0.3 is 29.6 Å². The zero-order chi connectivity index (χ0) is 13.2. The first-order valence-corrected chi connectivity index (χ1v) is 6.83. The van der Waals surface area contributed by atoms with E-state index in [1.807, 2.05) is 6.92 Å². The molecule has 0 radical (unpaired) electrons. The van der Waals surface area contributed by atoms with Crippen LogP contribution < -0.4 is 34.9 Å². The molecule has 0 spiro atoms. The van der Waals surface area contributed by atoms with Crippen molar-refractivity contribution in [3.8, 4) is 0 Å². The van der Waals surface area contributed by atoms with Crippen LogP contribution in [-0.4, -0.2) is 30.9 Å². The molecule has 0 saturated carbocycles. The third kappa shape index (κ3) is 8.42. The van der Waals surface area contributed by atoms with E-state index < -0.39 is 21.8 Å². The molecule has 0 heterocycles. The molecule has 0 rings (SSSR count). The summed E-state index contributed by atoms with van der Waals surface area (Å²) < 4.78 is 28.6. The van der Waals surface area contributed by atoms with Crippen LogP contribution in [-0.2, 0) is 4.79 Å². The molecule has 3 N–H and O–H groups in total. The van der Waals surface area contributed by atoms with E-state index in [1.54, 1.807) is 27.7 Å². The summed E-state index contributed by atoms with van der Waals surface area (Å²) in [6, 6.07) is 0. The number of rotatable bonds is 5. The SMILES string of the molecule is CCC(C)(C)C(=O)NC(C)(C)CS([O-])(O)O.[Na+]. The maximum atomic E-state index is 11.8. The van der Waals surface area contributed by atoms with Gasteiger partial charge < -0.3 is 19.0 Å². The van der Waals surface area contributed by atoms with Crippen LogP contribution in [0.25, 0.3) is 0 Å². The van der Waals surface area contributed by atoms with Crippen LogP contribution in [0.5, 0.6) is 0 Å². The quantitative estimate of drug-likeness (QED) is 0.573. The summed E-state index contributed by atoms with van der Waals surface area (Å²) in [6.45, 7) is 8.69. The van der Waals surface area contributed by atoms with Crippen molar-refractivity contribution in [2.45, 2.75) is 46.6 Å². The maximum Gasteiger partial charge on any atom is 1.00 e. The van der Waals surface area contributed by atoms with E-state index >= 15 is 0 Å². The Morgan fingerprint density at radius 2 is 1.71 bits per heavy atom. The van der Waals surface area contributed by atoms with Crippen molar-refractivity contribution in [2.24, 2.45) is 5.41 Å². The number of nitrogens with one attached hydrogen (secondary N) is 1. The van der Waals surface area contributed by atoms with Gasteiger partial charge in [0.25, 0.3) is 0 Å². The van der Waals surface area contributed by atoms with Crippen LogP contribution in [0.4, 0.5) is 0 Å². The minimum atomic E-state index is -3.84. The van der Waals surface area contributed by atoms with Crippen LogP contribution in [0.15, 0.2) is 0 Å². The van der Waals surface area contributed by atoms with Crippen molar-refractivity contribution in [2.75, 3.05) is 5.75 Å². The normalized spacial score (nSPS) is 13.9. The Hall–Kier alpha value is 0.700. The second-order valence-corrected chi connectivity index (χ2v) is 6.83. The third-order valence-electron chi connectivity index (χ3n) is 2.50. The van der Waals surface area contributed by atoms with Crippen molar-refractivity contribution >= 4 is 16.8 Å². The summed E-state index contributed by atoms with van der Waals surface area (Å²) in [5.74, 6) is -0.574. The molecule has 0 bridgehead atoms. The molecule has 5 nitrogen and oxygen atoms in total. The predicted molar refractivity (Wildman–Crippen MR) is 64.8 cm³/mol. The van der Waals surface area contributed by atoms with Crippen molar-refractivity contribution in [3.05, 3.63) is 0 Å². The fourth-order valence-electron chi connectivity index (χ4n) is 1.14. The molecule has 0 aliphatic rings. The Morgan fingerprint density at radius 3 is 2.00 bits per heavy atom. The summed E-state index contributed by atoms with van der Waals surface area (Å²) >= 11 is 0. The molecular weight excluding hydrogens is 253 g/mol. The number of hydrogen-bond donors (Lipinski definition) is 3. The second kappa shape index (κ2) is 6.75. The fraction of sp³-hybridized carbons (Fsp3) is 0.900. The zero-order valence-corrected chi connectivity index (χ0v) is 14.3. The minimum Gasteiger partial charge on any atom is -0.773 e. The molecular formula is C10H22NNaO4S. The summed E-state index contributed by atoms with van der Waals surface area (Å²) in [5, 5.41) is 2.67. The number of carbonyl (C=O) groups excluding carboxylic acids is 1. The molecule has 0 saturated heterocycles. The Labute approximate surface area is 127 Å². The van der Waals surface area contributed by atoms with E-state index in [9.17, 15) is 9.35 Å². The molecule has 0 aromatic carbocycles. The van der Waals surface area contributed by atoms with Gasteiger partial charge in [0.05, 0.1) is 0 Å². The van der Waals surface area contributed by atoms with Gasteiger partial charge in [0.2, 0.25) is 5.91 Å². The Kier molecular flexibility index (Phi) is 7.95. The fourth-order valence-corrected chi connectivity index (χ4v) is 2.16. The van der Waals surface area contributed by atoms with Gasteiger partial charge in [-0.05, 0) is 20.3 Å². The van der Waals surface area contributed by atoms with Crippen molar-refractivity contribution < 1.29 is 48.0 Å².